The smallest absolute Gasteiger partial charge is 0.269 e. The molecule has 0 aliphatic heterocycles. The number of non-ortho nitro benzene ring substituents is 1. The Morgan fingerprint density at radius 3 is 2.63 bits per heavy atom. The average Bonchev–Trinajstić information content (AvgIpc) is 2.38. The van der Waals surface area contributed by atoms with E-state index in [0.717, 1.165) is 19.4 Å². The second kappa shape index (κ2) is 8.44. The van der Waals surface area contributed by atoms with E-state index in [-0.39, 0.29) is 11.8 Å². The molecule has 0 aliphatic carbocycles. The van der Waals surface area contributed by atoms with Crippen LogP contribution in [0.2, 0.25) is 0 Å². The summed E-state index contributed by atoms with van der Waals surface area (Å²) in [7, 11) is 0. The van der Waals surface area contributed by atoms with Gasteiger partial charge in [0.15, 0.2) is 0 Å². The molecule has 1 aromatic rings. The minimum atomic E-state index is -0.437. The molecular formula is C13H20N2O4. The van der Waals surface area contributed by atoms with Gasteiger partial charge in [-0.15, -0.1) is 0 Å². The number of nitrogens with zero attached hydrogens (tertiary/aromatic N) is 1. The quantitative estimate of drug-likeness (QED) is 0.405. The number of aliphatic hydroxyl groups excluding tert-OH is 1. The summed E-state index contributed by atoms with van der Waals surface area (Å²) >= 11 is 0. The van der Waals surface area contributed by atoms with Crippen LogP contribution in [-0.4, -0.2) is 35.8 Å². The molecular weight excluding hydrogens is 248 g/mol. The van der Waals surface area contributed by atoms with E-state index in [1.54, 1.807) is 19.1 Å². The minimum absolute atomic E-state index is 0.0589. The molecule has 106 valence electrons. The number of hydrogen-bond donors (Lipinski definition) is 2. The molecule has 0 amide bonds. The van der Waals surface area contributed by atoms with Crippen LogP contribution in [0.5, 0.6) is 5.75 Å². The Morgan fingerprint density at radius 2 is 2.05 bits per heavy atom. The topological polar surface area (TPSA) is 84.6 Å². The lowest BCUT2D eigenvalue weighted by Crippen LogP contribution is -2.22. The van der Waals surface area contributed by atoms with Gasteiger partial charge in [0, 0.05) is 18.7 Å². The average molecular weight is 268 g/mol. The van der Waals surface area contributed by atoms with Crippen molar-refractivity contribution in [1.29, 1.82) is 0 Å². The van der Waals surface area contributed by atoms with Crippen molar-refractivity contribution in [3.63, 3.8) is 0 Å². The molecule has 0 saturated heterocycles. The third-order valence-electron chi connectivity index (χ3n) is 2.57. The minimum Gasteiger partial charge on any atom is -0.492 e. The van der Waals surface area contributed by atoms with Crippen LogP contribution in [0.15, 0.2) is 24.3 Å². The van der Waals surface area contributed by atoms with Gasteiger partial charge < -0.3 is 15.2 Å². The van der Waals surface area contributed by atoms with Gasteiger partial charge in [0.05, 0.1) is 11.0 Å². The predicted octanol–water partition coefficient (Wildman–Crippen LogP) is 1.72. The fourth-order valence-electron chi connectivity index (χ4n) is 1.55. The van der Waals surface area contributed by atoms with Crippen LogP contribution >= 0.6 is 0 Å². The highest BCUT2D eigenvalue weighted by Gasteiger charge is 2.03. The molecule has 0 bridgehead atoms. The summed E-state index contributed by atoms with van der Waals surface area (Å²) in [5, 5.41) is 22.7. The molecule has 0 aliphatic rings. The number of hydrogen-bond acceptors (Lipinski definition) is 5. The summed E-state index contributed by atoms with van der Waals surface area (Å²) in [5.74, 6) is 0.622. The molecule has 0 fully saturated rings. The van der Waals surface area contributed by atoms with E-state index in [0.29, 0.717) is 18.9 Å². The van der Waals surface area contributed by atoms with Crippen LogP contribution in [0.4, 0.5) is 5.69 Å². The van der Waals surface area contributed by atoms with Crippen molar-refractivity contribution in [2.45, 2.75) is 25.9 Å². The lowest BCUT2D eigenvalue weighted by atomic mass is 10.2. The zero-order valence-electron chi connectivity index (χ0n) is 11.0. The number of nitro benzene ring substituents is 1. The zero-order chi connectivity index (χ0) is 14.1. The predicted molar refractivity (Wildman–Crippen MR) is 72.4 cm³/mol. The Morgan fingerprint density at radius 1 is 1.37 bits per heavy atom. The Balaban J connectivity index is 2.11. The molecule has 0 aromatic heterocycles. The van der Waals surface area contributed by atoms with Crippen molar-refractivity contribution < 1.29 is 14.8 Å². The maximum atomic E-state index is 10.5. The molecule has 0 heterocycles. The number of nitrogens with one attached hydrogen (secondary N) is 1. The van der Waals surface area contributed by atoms with Crippen LogP contribution in [0.1, 0.15) is 19.8 Å². The van der Waals surface area contributed by atoms with Gasteiger partial charge in [-0.25, -0.2) is 0 Å². The number of ether oxygens (including phenoxy) is 1. The standard InChI is InChI=1S/C13H20N2O4/c1-11(16)3-2-8-14-9-10-19-13-6-4-12(5-7-13)15(17)18/h4-7,11,14,16H,2-3,8-10H2,1H3. The summed E-state index contributed by atoms with van der Waals surface area (Å²) in [5.41, 5.74) is 0.0589. The van der Waals surface area contributed by atoms with Crippen LogP contribution in [-0.2, 0) is 0 Å². The van der Waals surface area contributed by atoms with E-state index in [9.17, 15) is 10.1 Å². The summed E-state index contributed by atoms with van der Waals surface area (Å²) in [6.07, 6.45) is 1.46. The first-order valence-corrected chi connectivity index (χ1v) is 6.35. The van der Waals surface area contributed by atoms with Gasteiger partial charge in [-0.05, 0) is 38.4 Å². The Labute approximate surface area is 112 Å². The van der Waals surface area contributed by atoms with E-state index in [1.165, 1.54) is 12.1 Å². The summed E-state index contributed by atoms with van der Waals surface area (Å²) in [6, 6.07) is 6.02. The molecule has 2 N–H and O–H groups in total. The van der Waals surface area contributed by atoms with Gasteiger partial charge >= 0.3 is 0 Å². The summed E-state index contributed by atoms with van der Waals surface area (Å²) in [4.78, 5) is 10.0. The first kappa shape index (κ1) is 15.4. The van der Waals surface area contributed by atoms with Crippen molar-refractivity contribution >= 4 is 5.69 Å². The van der Waals surface area contributed by atoms with E-state index >= 15 is 0 Å². The molecule has 6 heteroatoms. The third-order valence-corrected chi connectivity index (χ3v) is 2.57. The lowest BCUT2D eigenvalue weighted by Gasteiger charge is -2.08. The highest BCUT2D eigenvalue weighted by Crippen LogP contribution is 2.16. The number of rotatable bonds is 9. The van der Waals surface area contributed by atoms with Crippen molar-refractivity contribution in [2.24, 2.45) is 0 Å². The second-order valence-electron chi connectivity index (χ2n) is 4.34. The molecule has 6 nitrogen and oxygen atoms in total. The van der Waals surface area contributed by atoms with E-state index < -0.39 is 4.92 Å². The fourth-order valence-corrected chi connectivity index (χ4v) is 1.55. The molecule has 0 spiro atoms. The van der Waals surface area contributed by atoms with E-state index in [1.807, 2.05) is 0 Å². The van der Waals surface area contributed by atoms with Crippen LogP contribution in [0.25, 0.3) is 0 Å². The maximum absolute atomic E-state index is 10.5. The van der Waals surface area contributed by atoms with Gasteiger partial charge in [-0.2, -0.15) is 0 Å². The van der Waals surface area contributed by atoms with Crippen LogP contribution < -0.4 is 10.1 Å². The summed E-state index contributed by atoms with van der Waals surface area (Å²) in [6.45, 7) is 3.83. The summed E-state index contributed by atoms with van der Waals surface area (Å²) < 4.78 is 5.43. The Bertz CT molecular complexity index is 379. The van der Waals surface area contributed by atoms with Gasteiger partial charge in [0.2, 0.25) is 0 Å². The van der Waals surface area contributed by atoms with Crippen LogP contribution in [0.3, 0.4) is 0 Å². The molecule has 1 rings (SSSR count). The third kappa shape index (κ3) is 6.73. The fraction of sp³-hybridized carbons (Fsp3) is 0.538. The van der Waals surface area contributed by atoms with Gasteiger partial charge in [0.1, 0.15) is 12.4 Å². The first-order chi connectivity index (χ1) is 9.09. The normalized spacial score (nSPS) is 12.1. The highest BCUT2D eigenvalue weighted by molar-refractivity contribution is 5.35. The molecule has 1 atom stereocenters. The Kier molecular flexibility index (Phi) is 6.84. The zero-order valence-corrected chi connectivity index (χ0v) is 11.0. The molecule has 0 radical (unpaired) electrons. The van der Waals surface area contributed by atoms with Crippen LogP contribution in [0, 0.1) is 10.1 Å². The lowest BCUT2D eigenvalue weighted by molar-refractivity contribution is -0.384. The molecule has 1 aromatic carbocycles. The van der Waals surface area contributed by atoms with E-state index in [4.69, 9.17) is 9.84 Å². The highest BCUT2D eigenvalue weighted by atomic mass is 16.6. The van der Waals surface area contributed by atoms with Crippen molar-refractivity contribution in [3.8, 4) is 5.75 Å². The number of aliphatic hydroxyl groups is 1. The largest absolute Gasteiger partial charge is 0.492 e. The van der Waals surface area contributed by atoms with Gasteiger partial charge in [0.25, 0.3) is 5.69 Å². The van der Waals surface area contributed by atoms with Gasteiger partial charge in [-0.1, -0.05) is 0 Å². The van der Waals surface area contributed by atoms with Crippen molar-refractivity contribution in [3.05, 3.63) is 34.4 Å². The van der Waals surface area contributed by atoms with Crippen molar-refractivity contribution in [1.82, 2.24) is 5.32 Å². The molecule has 0 saturated carbocycles. The number of nitro groups is 1. The first-order valence-electron chi connectivity index (χ1n) is 6.35. The molecule has 1 unspecified atom stereocenters. The monoisotopic (exact) mass is 268 g/mol. The Hall–Kier alpha value is -1.66. The van der Waals surface area contributed by atoms with Crippen molar-refractivity contribution in [2.75, 3.05) is 19.7 Å². The second-order valence-corrected chi connectivity index (χ2v) is 4.34. The maximum Gasteiger partial charge on any atom is 0.269 e. The molecule has 19 heavy (non-hydrogen) atoms. The van der Waals surface area contributed by atoms with E-state index in [2.05, 4.69) is 5.32 Å². The van der Waals surface area contributed by atoms with Gasteiger partial charge in [-0.3, -0.25) is 10.1 Å². The SMILES string of the molecule is CC(O)CCCNCCOc1ccc([N+](=O)[O-])cc1. The number of benzene rings is 1.